The van der Waals surface area contributed by atoms with Gasteiger partial charge in [-0.15, -0.1) is 0 Å². The monoisotopic (exact) mass is 245 g/mol. The van der Waals surface area contributed by atoms with E-state index in [2.05, 4.69) is 9.36 Å². The van der Waals surface area contributed by atoms with Gasteiger partial charge in [-0.2, -0.15) is 9.36 Å². The maximum absolute atomic E-state index is 5.84. The van der Waals surface area contributed by atoms with Crippen LogP contribution < -0.4 is 5.73 Å². The zero-order chi connectivity index (χ0) is 10.1. The van der Waals surface area contributed by atoms with Gasteiger partial charge < -0.3 is 5.73 Å². The summed E-state index contributed by atoms with van der Waals surface area (Å²) in [5, 5.41) is 1.54. The third-order valence-corrected chi connectivity index (χ3v) is 2.54. The molecule has 3 nitrogen and oxygen atoms in total. The number of nitrogen functional groups attached to an aromatic ring is 1. The second-order valence-electron chi connectivity index (χ2n) is 2.61. The van der Waals surface area contributed by atoms with Crippen LogP contribution in [0.1, 0.15) is 0 Å². The molecule has 14 heavy (non-hydrogen) atoms. The molecule has 0 spiro atoms. The fourth-order valence-corrected chi connectivity index (χ4v) is 2.01. The second kappa shape index (κ2) is 3.73. The van der Waals surface area contributed by atoms with Crippen molar-refractivity contribution in [2.24, 2.45) is 0 Å². The van der Waals surface area contributed by atoms with Gasteiger partial charge in [0.15, 0.2) is 11.0 Å². The summed E-state index contributed by atoms with van der Waals surface area (Å²) in [6.45, 7) is 0. The van der Waals surface area contributed by atoms with E-state index in [0.29, 0.717) is 21.0 Å². The molecule has 0 aliphatic rings. The van der Waals surface area contributed by atoms with Gasteiger partial charge in [0.05, 0.1) is 0 Å². The van der Waals surface area contributed by atoms with Crippen LogP contribution in [0.25, 0.3) is 11.4 Å². The predicted molar refractivity (Wildman–Crippen MR) is 59.8 cm³/mol. The average molecular weight is 246 g/mol. The highest BCUT2D eigenvalue weighted by Gasteiger charge is 2.06. The Balaban J connectivity index is 2.51. The van der Waals surface area contributed by atoms with Crippen LogP contribution in [-0.2, 0) is 0 Å². The SMILES string of the molecule is Nc1nc(-c2cc(Cl)cc(Cl)c2)ns1. The highest BCUT2D eigenvalue weighted by molar-refractivity contribution is 7.09. The first-order chi connectivity index (χ1) is 6.65. The van der Waals surface area contributed by atoms with Gasteiger partial charge in [-0.05, 0) is 18.2 Å². The number of benzene rings is 1. The molecule has 2 rings (SSSR count). The van der Waals surface area contributed by atoms with Crippen molar-refractivity contribution >= 4 is 39.9 Å². The third kappa shape index (κ3) is 1.97. The number of aromatic nitrogens is 2. The summed E-state index contributed by atoms with van der Waals surface area (Å²) in [6.07, 6.45) is 0. The molecule has 0 saturated heterocycles. The van der Waals surface area contributed by atoms with Gasteiger partial charge >= 0.3 is 0 Å². The molecule has 1 aromatic carbocycles. The molecule has 0 aliphatic carbocycles. The summed E-state index contributed by atoms with van der Waals surface area (Å²) in [6, 6.07) is 5.15. The van der Waals surface area contributed by atoms with Crippen molar-refractivity contribution < 1.29 is 0 Å². The molecular weight excluding hydrogens is 241 g/mol. The Kier molecular flexibility index (Phi) is 2.58. The normalized spacial score (nSPS) is 10.4. The molecule has 0 fully saturated rings. The average Bonchev–Trinajstić information content (AvgIpc) is 2.50. The minimum absolute atomic E-state index is 0.427. The first kappa shape index (κ1) is 9.71. The predicted octanol–water partition coefficient (Wildman–Crippen LogP) is 3.09. The number of rotatable bonds is 1. The van der Waals surface area contributed by atoms with Crippen LogP contribution in [-0.4, -0.2) is 9.36 Å². The minimum atomic E-state index is 0.427. The lowest BCUT2D eigenvalue weighted by molar-refractivity contribution is 1.33. The van der Waals surface area contributed by atoms with Gasteiger partial charge in [0.25, 0.3) is 0 Å². The molecule has 6 heteroatoms. The molecule has 1 heterocycles. The van der Waals surface area contributed by atoms with Gasteiger partial charge in [-0.25, -0.2) is 0 Å². The summed E-state index contributed by atoms with van der Waals surface area (Å²) < 4.78 is 4.06. The molecule has 0 aliphatic heterocycles. The number of nitrogens with two attached hydrogens (primary N) is 1. The standard InChI is InChI=1S/C8H5Cl2N3S/c9-5-1-4(2-6(10)3-5)7-12-8(11)14-13-7/h1-3H,(H2,11,12,13). The second-order valence-corrected chi connectivity index (χ2v) is 4.27. The van der Waals surface area contributed by atoms with Crippen molar-refractivity contribution in [3.05, 3.63) is 28.2 Å². The molecule has 0 radical (unpaired) electrons. The molecular formula is C8H5Cl2N3S. The van der Waals surface area contributed by atoms with Gasteiger partial charge in [-0.3, -0.25) is 0 Å². The molecule has 0 atom stereocenters. The van der Waals surface area contributed by atoms with Gasteiger partial charge in [0, 0.05) is 27.1 Å². The fourth-order valence-electron chi connectivity index (χ4n) is 1.04. The molecule has 2 N–H and O–H groups in total. The van der Waals surface area contributed by atoms with E-state index in [4.69, 9.17) is 28.9 Å². The number of nitrogens with zero attached hydrogens (tertiary/aromatic N) is 2. The van der Waals surface area contributed by atoms with Crippen molar-refractivity contribution in [2.45, 2.75) is 0 Å². The Bertz CT molecular complexity index is 449. The highest BCUT2D eigenvalue weighted by atomic mass is 35.5. The molecule has 1 aromatic heterocycles. The van der Waals surface area contributed by atoms with Gasteiger partial charge in [-0.1, -0.05) is 23.2 Å². The van der Waals surface area contributed by atoms with Crippen LogP contribution in [0.2, 0.25) is 10.0 Å². The summed E-state index contributed by atoms with van der Waals surface area (Å²) in [5.41, 5.74) is 6.24. The van der Waals surface area contributed by atoms with Crippen molar-refractivity contribution in [3.63, 3.8) is 0 Å². The van der Waals surface area contributed by atoms with E-state index in [1.165, 1.54) is 0 Å². The summed E-state index contributed by atoms with van der Waals surface area (Å²) in [5.74, 6) is 0.553. The van der Waals surface area contributed by atoms with E-state index in [0.717, 1.165) is 17.1 Å². The van der Waals surface area contributed by atoms with Crippen molar-refractivity contribution in [2.75, 3.05) is 5.73 Å². The fraction of sp³-hybridized carbons (Fsp3) is 0. The largest absolute Gasteiger partial charge is 0.374 e. The summed E-state index contributed by atoms with van der Waals surface area (Å²) in [4.78, 5) is 4.03. The number of halogens is 2. The summed E-state index contributed by atoms with van der Waals surface area (Å²) in [7, 11) is 0. The van der Waals surface area contributed by atoms with E-state index in [-0.39, 0.29) is 0 Å². The van der Waals surface area contributed by atoms with Crippen molar-refractivity contribution in [3.8, 4) is 11.4 Å². The highest BCUT2D eigenvalue weighted by Crippen LogP contribution is 2.26. The van der Waals surface area contributed by atoms with Crippen LogP contribution in [0.15, 0.2) is 18.2 Å². The number of hydrogen-bond donors (Lipinski definition) is 1. The van der Waals surface area contributed by atoms with Crippen LogP contribution >= 0.6 is 34.7 Å². The topological polar surface area (TPSA) is 51.8 Å². The molecule has 0 amide bonds. The first-order valence-corrected chi connectivity index (χ1v) is 5.24. The van der Waals surface area contributed by atoms with Crippen LogP contribution in [0, 0.1) is 0 Å². The van der Waals surface area contributed by atoms with E-state index in [9.17, 15) is 0 Å². The van der Waals surface area contributed by atoms with E-state index >= 15 is 0 Å². The lowest BCUT2D eigenvalue weighted by Gasteiger charge is -1.97. The number of anilines is 1. The lowest BCUT2D eigenvalue weighted by atomic mass is 10.2. The molecule has 0 bridgehead atoms. The van der Waals surface area contributed by atoms with E-state index in [1.54, 1.807) is 18.2 Å². The van der Waals surface area contributed by atoms with Gasteiger partial charge in [0.2, 0.25) is 0 Å². The smallest absolute Gasteiger partial charge is 0.200 e. The lowest BCUT2D eigenvalue weighted by Crippen LogP contribution is -1.84. The Morgan fingerprint density at radius 3 is 2.29 bits per heavy atom. The van der Waals surface area contributed by atoms with E-state index < -0.39 is 0 Å². The van der Waals surface area contributed by atoms with Crippen molar-refractivity contribution in [1.82, 2.24) is 9.36 Å². The quantitative estimate of drug-likeness (QED) is 0.841. The first-order valence-electron chi connectivity index (χ1n) is 3.71. The molecule has 0 saturated carbocycles. The Morgan fingerprint density at radius 1 is 1.14 bits per heavy atom. The number of hydrogen-bond acceptors (Lipinski definition) is 4. The van der Waals surface area contributed by atoms with E-state index in [1.807, 2.05) is 0 Å². The molecule has 2 aromatic rings. The van der Waals surface area contributed by atoms with Crippen molar-refractivity contribution in [1.29, 1.82) is 0 Å². The maximum Gasteiger partial charge on any atom is 0.200 e. The Morgan fingerprint density at radius 2 is 1.79 bits per heavy atom. The van der Waals surface area contributed by atoms with Crippen LogP contribution in [0.4, 0.5) is 5.13 Å². The Labute approximate surface area is 94.7 Å². The molecule has 72 valence electrons. The zero-order valence-electron chi connectivity index (χ0n) is 6.87. The Hall–Kier alpha value is -0.840. The zero-order valence-corrected chi connectivity index (χ0v) is 9.20. The third-order valence-electron chi connectivity index (χ3n) is 1.56. The van der Waals surface area contributed by atoms with Crippen LogP contribution in [0.5, 0.6) is 0 Å². The minimum Gasteiger partial charge on any atom is -0.374 e. The van der Waals surface area contributed by atoms with Crippen LogP contribution in [0.3, 0.4) is 0 Å². The van der Waals surface area contributed by atoms with Gasteiger partial charge in [0.1, 0.15) is 0 Å². The molecule has 0 unspecified atom stereocenters. The maximum atomic E-state index is 5.84. The summed E-state index contributed by atoms with van der Waals surface area (Å²) >= 11 is 12.8.